The molecule has 190 valence electrons. The van der Waals surface area contributed by atoms with Gasteiger partial charge in [0.05, 0.1) is 37.7 Å². The number of carbonyl (C=O) groups is 1. The predicted octanol–water partition coefficient (Wildman–Crippen LogP) is 6.04. The first-order valence-corrected chi connectivity index (χ1v) is 12.5. The molecule has 0 unspecified atom stereocenters. The molecule has 0 bridgehead atoms. The molecule has 7 heteroatoms. The zero-order valence-corrected chi connectivity index (χ0v) is 21.4. The van der Waals surface area contributed by atoms with E-state index in [4.69, 9.17) is 19.3 Å². The van der Waals surface area contributed by atoms with Gasteiger partial charge in [0, 0.05) is 12.1 Å². The Balaban J connectivity index is 1.55. The summed E-state index contributed by atoms with van der Waals surface area (Å²) in [6, 6.07) is 24.7. The smallest absolute Gasteiger partial charge is 0.254 e. The number of hydrogen-bond donors (Lipinski definition) is 0. The second kappa shape index (κ2) is 10.8. The molecule has 1 heterocycles. The van der Waals surface area contributed by atoms with Crippen LogP contribution in [0, 0.1) is 12.8 Å². The van der Waals surface area contributed by atoms with E-state index in [1.807, 2.05) is 84.6 Å². The Kier molecular flexibility index (Phi) is 7.12. The first-order chi connectivity index (χ1) is 18.1. The number of nitrogens with zero attached hydrogens (tertiary/aromatic N) is 3. The van der Waals surface area contributed by atoms with Crippen molar-refractivity contribution in [2.45, 2.75) is 26.3 Å². The zero-order chi connectivity index (χ0) is 25.8. The summed E-state index contributed by atoms with van der Waals surface area (Å²) in [4.78, 5) is 15.6. The molecule has 1 aromatic heterocycles. The van der Waals surface area contributed by atoms with E-state index < -0.39 is 0 Å². The number of aromatic nitrogens is 2. The van der Waals surface area contributed by atoms with Crippen molar-refractivity contribution in [2.75, 3.05) is 20.8 Å². The van der Waals surface area contributed by atoms with Gasteiger partial charge in [-0.3, -0.25) is 4.79 Å². The van der Waals surface area contributed by atoms with Crippen LogP contribution in [0.3, 0.4) is 0 Å². The Labute approximate surface area is 217 Å². The number of hydrogen-bond acceptors (Lipinski definition) is 5. The monoisotopic (exact) mass is 497 g/mol. The normalized spacial score (nSPS) is 12.7. The first-order valence-electron chi connectivity index (χ1n) is 12.5. The van der Waals surface area contributed by atoms with E-state index in [0.717, 1.165) is 29.8 Å². The van der Waals surface area contributed by atoms with E-state index in [2.05, 4.69) is 0 Å². The number of benzene rings is 3. The fourth-order valence-electron chi connectivity index (χ4n) is 4.34. The Hall–Kier alpha value is -4.26. The number of para-hydroxylation sites is 3. The Morgan fingerprint density at radius 1 is 0.946 bits per heavy atom. The van der Waals surface area contributed by atoms with E-state index in [0.29, 0.717) is 47.7 Å². The van der Waals surface area contributed by atoms with Crippen molar-refractivity contribution in [2.24, 2.45) is 5.92 Å². The second-order valence-electron chi connectivity index (χ2n) is 9.23. The predicted molar refractivity (Wildman–Crippen MR) is 142 cm³/mol. The van der Waals surface area contributed by atoms with Gasteiger partial charge in [-0.15, -0.1) is 0 Å². The van der Waals surface area contributed by atoms with Gasteiger partial charge in [0.25, 0.3) is 5.91 Å². The summed E-state index contributed by atoms with van der Waals surface area (Å²) in [5, 5.41) is 4.83. The van der Waals surface area contributed by atoms with E-state index in [1.54, 1.807) is 25.0 Å². The van der Waals surface area contributed by atoms with Gasteiger partial charge in [-0.25, -0.2) is 4.68 Å². The molecule has 0 aliphatic heterocycles. The third-order valence-electron chi connectivity index (χ3n) is 6.54. The summed E-state index contributed by atoms with van der Waals surface area (Å²) in [6.45, 7) is 3.00. The number of rotatable bonds is 10. The molecule has 4 aromatic rings. The van der Waals surface area contributed by atoms with Crippen molar-refractivity contribution in [3.05, 3.63) is 95.7 Å². The fourth-order valence-corrected chi connectivity index (χ4v) is 4.34. The van der Waals surface area contributed by atoms with Gasteiger partial charge < -0.3 is 19.1 Å². The van der Waals surface area contributed by atoms with Crippen molar-refractivity contribution in [3.63, 3.8) is 0 Å². The Morgan fingerprint density at radius 3 is 2.38 bits per heavy atom. The molecule has 1 fully saturated rings. The van der Waals surface area contributed by atoms with E-state index in [-0.39, 0.29) is 5.91 Å². The fraction of sp³-hybridized carbons (Fsp3) is 0.267. The number of carbonyl (C=O) groups excluding carboxylic acids is 1. The van der Waals surface area contributed by atoms with Gasteiger partial charge in [0.15, 0.2) is 11.5 Å². The summed E-state index contributed by atoms with van der Waals surface area (Å²) in [7, 11) is 3.22. The van der Waals surface area contributed by atoms with Crippen LogP contribution in [0.25, 0.3) is 5.69 Å². The minimum atomic E-state index is -0.0408. The standard InChI is InChI=1S/C30H31N3O4/c1-21-26(20-32(19-22-16-17-22)29(34)23-10-9-13-25(18-23)35-2)30(33(31-21)24-11-5-4-6-12-24)37-28-15-8-7-14-27(28)36-3/h4-15,18,22H,16-17,19-20H2,1-3H3. The maximum atomic E-state index is 13.7. The lowest BCUT2D eigenvalue weighted by atomic mass is 10.1. The van der Waals surface area contributed by atoms with Crippen LogP contribution in [-0.4, -0.2) is 41.4 Å². The molecular formula is C30H31N3O4. The highest BCUT2D eigenvalue weighted by molar-refractivity contribution is 5.94. The summed E-state index contributed by atoms with van der Waals surface area (Å²) in [5.41, 5.74) is 3.12. The highest BCUT2D eigenvalue weighted by Crippen LogP contribution is 2.37. The number of amides is 1. The quantitative estimate of drug-likeness (QED) is 0.267. The van der Waals surface area contributed by atoms with Gasteiger partial charge in [-0.1, -0.05) is 36.4 Å². The molecule has 0 spiro atoms. The van der Waals surface area contributed by atoms with Crippen LogP contribution in [0.15, 0.2) is 78.9 Å². The van der Waals surface area contributed by atoms with E-state index in [9.17, 15) is 4.79 Å². The van der Waals surface area contributed by atoms with Crippen LogP contribution in [0.2, 0.25) is 0 Å². The highest BCUT2D eigenvalue weighted by Gasteiger charge is 2.30. The zero-order valence-electron chi connectivity index (χ0n) is 21.4. The molecule has 1 aliphatic rings. The van der Waals surface area contributed by atoms with Gasteiger partial charge in [-0.05, 0) is 68.1 Å². The van der Waals surface area contributed by atoms with Gasteiger partial charge >= 0.3 is 0 Å². The molecule has 0 N–H and O–H groups in total. The lowest BCUT2D eigenvalue weighted by molar-refractivity contribution is 0.0733. The lowest BCUT2D eigenvalue weighted by Crippen LogP contribution is -2.32. The van der Waals surface area contributed by atoms with E-state index >= 15 is 0 Å². The number of methoxy groups -OCH3 is 2. The minimum absolute atomic E-state index is 0.0408. The molecule has 1 saturated carbocycles. The molecular weight excluding hydrogens is 466 g/mol. The third kappa shape index (κ3) is 5.45. The molecule has 37 heavy (non-hydrogen) atoms. The second-order valence-corrected chi connectivity index (χ2v) is 9.23. The minimum Gasteiger partial charge on any atom is -0.497 e. The van der Waals surface area contributed by atoms with Crippen LogP contribution in [0.4, 0.5) is 0 Å². The van der Waals surface area contributed by atoms with Crippen LogP contribution in [0.5, 0.6) is 23.1 Å². The average Bonchev–Trinajstić information content (AvgIpc) is 3.72. The molecule has 0 radical (unpaired) electrons. The average molecular weight is 498 g/mol. The molecule has 0 saturated heterocycles. The summed E-state index contributed by atoms with van der Waals surface area (Å²) in [5.74, 6) is 2.89. The van der Waals surface area contributed by atoms with E-state index in [1.165, 1.54) is 0 Å². The SMILES string of the molecule is COc1cccc(C(=O)N(Cc2c(C)nn(-c3ccccc3)c2Oc2ccccc2OC)CC2CC2)c1. The van der Waals surface area contributed by atoms with Gasteiger partial charge in [0.2, 0.25) is 5.88 Å². The summed E-state index contributed by atoms with van der Waals surface area (Å²) < 4.78 is 19.2. The summed E-state index contributed by atoms with van der Waals surface area (Å²) in [6.07, 6.45) is 2.27. The maximum Gasteiger partial charge on any atom is 0.254 e. The molecule has 3 aromatic carbocycles. The van der Waals surface area contributed by atoms with Crippen molar-refractivity contribution >= 4 is 5.91 Å². The van der Waals surface area contributed by atoms with Crippen LogP contribution in [0.1, 0.15) is 34.5 Å². The van der Waals surface area contributed by atoms with Crippen LogP contribution >= 0.6 is 0 Å². The molecule has 0 atom stereocenters. The maximum absolute atomic E-state index is 13.7. The topological polar surface area (TPSA) is 65.8 Å². The molecule has 5 rings (SSSR count). The highest BCUT2D eigenvalue weighted by atomic mass is 16.5. The lowest BCUT2D eigenvalue weighted by Gasteiger charge is -2.24. The van der Waals surface area contributed by atoms with Gasteiger partial charge in [-0.2, -0.15) is 5.10 Å². The third-order valence-corrected chi connectivity index (χ3v) is 6.54. The van der Waals surface area contributed by atoms with Crippen LogP contribution < -0.4 is 14.2 Å². The Morgan fingerprint density at radius 2 is 1.68 bits per heavy atom. The van der Waals surface area contributed by atoms with Crippen LogP contribution in [-0.2, 0) is 6.54 Å². The van der Waals surface area contributed by atoms with Crippen molar-refractivity contribution in [1.29, 1.82) is 0 Å². The molecule has 1 aliphatic carbocycles. The number of ether oxygens (including phenoxy) is 3. The first kappa shape index (κ1) is 24.4. The van der Waals surface area contributed by atoms with Gasteiger partial charge in [0.1, 0.15) is 5.75 Å². The van der Waals surface area contributed by atoms with Crippen molar-refractivity contribution in [1.82, 2.24) is 14.7 Å². The van der Waals surface area contributed by atoms with Crippen molar-refractivity contribution < 1.29 is 19.0 Å². The largest absolute Gasteiger partial charge is 0.497 e. The molecule has 1 amide bonds. The Bertz CT molecular complexity index is 1380. The van der Waals surface area contributed by atoms with Crippen molar-refractivity contribution in [3.8, 4) is 28.8 Å². The summed E-state index contributed by atoms with van der Waals surface area (Å²) >= 11 is 0. The number of aryl methyl sites for hydroxylation is 1. The molecule has 7 nitrogen and oxygen atoms in total.